The van der Waals surface area contributed by atoms with Crippen LogP contribution in [0, 0.1) is 10.1 Å². The number of benzene rings is 1. The molecule has 0 radical (unpaired) electrons. The third kappa shape index (κ3) is 4.29. The highest BCUT2D eigenvalue weighted by Crippen LogP contribution is 2.22. The summed E-state index contributed by atoms with van der Waals surface area (Å²) >= 11 is 7.35. The fourth-order valence-electron chi connectivity index (χ4n) is 2.40. The van der Waals surface area contributed by atoms with Gasteiger partial charge < -0.3 is 13.7 Å². The molecule has 3 rings (SSSR count). The average Bonchev–Trinajstić information content (AvgIpc) is 3.25. The van der Waals surface area contributed by atoms with E-state index in [-0.39, 0.29) is 24.8 Å². The Balaban J connectivity index is 2.04. The molecule has 28 heavy (non-hydrogen) atoms. The number of thiazole rings is 1. The van der Waals surface area contributed by atoms with Crippen LogP contribution in [-0.2, 0) is 16.1 Å². The summed E-state index contributed by atoms with van der Waals surface area (Å²) in [7, 11) is 0. The molecular formula is C17H15ClN4O5S. The van der Waals surface area contributed by atoms with E-state index in [1.54, 1.807) is 36.6 Å². The number of halogens is 1. The number of carbonyl (C=O) groups excluding carboxylic acids is 1. The predicted octanol–water partition coefficient (Wildman–Crippen LogP) is 3.75. The van der Waals surface area contributed by atoms with Crippen molar-refractivity contribution in [2.75, 3.05) is 6.61 Å². The van der Waals surface area contributed by atoms with Crippen LogP contribution in [0.3, 0.4) is 0 Å². The molecule has 0 atom stereocenters. The maximum absolute atomic E-state index is 12.0. The lowest BCUT2D eigenvalue weighted by atomic mass is 10.3. The number of fused-ring (bicyclic) bond motifs is 1. The Labute approximate surface area is 167 Å². The third-order valence-electron chi connectivity index (χ3n) is 3.65. The Morgan fingerprint density at radius 1 is 1.39 bits per heavy atom. The topological polar surface area (TPSA) is 112 Å². The van der Waals surface area contributed by atoms with Crippen LogP contribution in [0.4, 0.5) is 5.88 Å². The van der Waals surface area contributed by atoms with E-state index in [9.17, 15) is 14.9 Å². The number of hydrogen-bond acceptors (Lipinski definition) is 8. The molecule has 2 heterocycles. The lowest BCUT2D eigenvalue weighted by Gasteiger charge is -2.04. The minimum absolute atomic E-state index is 0.0326. The standard InChI is InChI=1S/C17H15ClN4O5S/c1-3-26-16(23)9-21-12-5-4-11(18)8-14(12)28-17(21)20-19-10(2)13-6-7-15(27-13)22(24)25/h4-8H,3,9H2,1-2H3/b19-10+,20-17-. The fourth-order valence-corrected chi connectivity index (χ4v) is 3.66. The van der Waals surface area contributed by atoms with Crippen molar-refractivity contribution in [2.45, 2.75) is 20.4 Å². The zero-order valence-corrected chi connectivity index (χ0v) is 16.5. The summed E-state index contributed by atoms with van der Waals surface area (Å²) in [5.74, 6) is -0.545. The highest BCUT2D eigenvalue weighted by molar-refractivity contribution is 7.16. The zero-order valence-electron chi connectivity index (χ0n) is 14.9. The Morgan fingerprint density at radius 3 is 2.86 bits per heavy atom. The van der Waals surface area contributed by atoms with Crippen LogP contribution in [-0.4, -0.2) is 27.8 Å². The number of aromatic nitrogens is 1. The van der Waals surface area contributed by atoms with Crippen LogP contribution in [0.1, 0.15) is 19.6 Å². The van der Waals surface area contributed by atoms with Crippen molar-refractivity contribution in [3.8, 4) is 0 Å². The summed E-state index contributed by atoms with van der Waals surface area (Å²) in [6.07, 6.45) is 0. The van der Waals surface area contributed by atoms with E-state index in [1.165, 1.54) is 23.5 Å². The Hall–Kier alpha value is -2.98. The van der Waals surface area contributed by atoms with Crippen LogP contribution in [0.5, 0.6) is 0 Å². The van der Waals surface area contributed by atoms with E-state index in [0.717, 1.165) is 10.2 Å². The monoisotopic (exact) mass is 422 g/mol. The van der Waals surface area contributed by atoms with Crippen molar-refractivity contribution in [1.82, 2.24) is 4.57 Å². The molecule has 0 saturated carbocycles. The Morgan fingerprint density at radius 2 is 2.18 bits per heavy atom. The van der Waals surface area contributed by atoms with Gasteiger partial charge in [0.25, 0.3) is 0 Å². The molecule has 0 fully saturated rings. The largest absolute Gasteiger partial charge is 0.465 e. The second-order valence-electron chi connectivity index (χ2n) is 5.57. The van der Waals surface area contributed by atoms with Crippen molar-refractivity contribution in [3.63, 3.8) is 0 Å². The van der Waals surface area contributed by atoms with Crippen molar-refractivity contribution < 1.29 is 18.9 Å². The molecule has 3 aromatic rings. The van der Waals surface area contributed by atoms with Crippen molar-refractivity contribution in [3.05, 3.63) is 56.0 Å². The Bertz CT molecular complexity index is 1140. The summed E-state index contributed by atoms with van der Waals surface area (Å²) in [6, 6.07) is 7.98. The number of hydrogen-bond donors (Lipinski definition) is 0. The first kappa shape index (κ1) is 19.8. The highest BCUT2D eigenvalue weighted by Gasteiger charge is 2.14. The summed E-state index contributed by atoms with van der Waals surface area (Å²) < 4.78 is 12.6. The summed E-state index contributed by atoms with van der Waals surface area (Å²) in [6.45, 7) is 3.59. The lowest BCUT2D eigenvalue weighted by molar-refractivity contribution is -0.402. The molecule has 146 valence electrons. The highest BCUT2D eigenvalue weighted by atomic mass is 35.5. The van der Waals surface area contributed by atoms with E-state index in [0.29, 0.717) is 15.5 Å². The molecule has 0 saturated heterocycles. The molecule has 0 spiro atoms. The fraction of sp³-hybridized carbons (Fsp3) is 0.235. The van der Waals surface area contributed by atoms with E-state index >= 15 is 0 Å². The van der Waals surface area contributed by atoms with Gasteiger partial charge in [-0.1, -0.05) is 22.9 Å². The van der Waals surface area contributed by atoms with Gasteiger partial charge in [-0.25, -0.2) is 0 Å². The number of ether oxygens (including phenoxy) is 1. The van der Waals surface area contributed by atoms with Gasteiger partial charge in [0.2, 0.25) is 4.80 Å². The first-order chi connectivity index (χ1) is 13.4. The van der Waals surface area contributed by atoms with Crippen molar-refractivity contribution in [1.29, 1.82) is 0 Å². The summed E-state index contributed by atoms with van der Waals surface area (Å²) in [5, 5.41) is 19.6. The number of esters is 1. The molecule has 2 aromatic heterocycles. The molecule has 0 amide bonds. The average molecular weight is 423 g/mol. The van der Waals surface area contributed by atoms with Gasteiger partial charge in [0.1, 0.15) is 17.2 Å². The smallest absolute Gasteiger partial charge is 0.433 e. The van der Waals surface area contributed by atoms with Crippen molar-refractivity contribution >= 4 is 50.7 Å². The molecular weight excluding hydrogens is 408 g/mol. The number of furan rings is 1. The van der Waals surface area contributed by atoms with E-state index in [1.807, 2.05) is 0 Å². The van der Waals surface area contributed by atoms with Gasteiger partial charge in [-0.2, -0.15) is 0 Å². The van der Waals surface area contributed by atoms with Crippen molar-refractivity contribution in [2.24, 2.45) is 10.2 Å². The van der Waals surface area contributed by atoms with Gasteiger partial charge in [0, 0.05) is 5.02 Å². The van der Waals surface area contributed by atoms with Gasteiger partial charge in [-0.05, 0) is 38.1 Å². The maximum Gasteiger partial charge on any atom is 0.433 e. The summed E-state index contributed by atoms with van der Waals surface area (Å²) in [5.41, 5.74) is 1.12. The Kier molecular flexibility index (Phi) is 5.90. The molecule has 0 aliphatic heterocycles. The molecule has 0 aliphatic carbocycles. The van der Waals surface area contributed by atoms with Gasteiger partial charge in [-0.15, -0.1) is 10.2 Å². The number of nitrogens with zero attached hydrogens (tertiary/aromatic N) is 4. The van der Waals surface area contributed by atoms with Crippen LogP contribution in [0.25, 0.3) is 10.2 Å². The van der Waals surface area contributed by atoms with Crippen LogP contribution < -0.4 is 4.80 Å². The summed E-state index contributed by atoms with van der Waals surface area (Å²) in [4.78, 5) is 22.5. The molecule has 0 N–H and O–H groups in total. The lowest BCUT2D eigenvalue weighted by Crippen LogP contribution is -2.21. The first-order valence-corrected chi connectivity index (χ1v) is 9.36. The van der Waals surface area contributed by atoms with E-state index in [2.05, 4.69) is 10.2 Å². The zero-order chi connectivity index (χ0) is 20.3. The SMILES string of the molecule is CCOC(=O)Cn1/c(=N/N=C(\C)c2ccc([N+](=O)[O-])o2)sc2cc(Cl)ccc21. The number of carbonyl (C=O) groups is 1. The third-order valence-corrected chi connectivity index (χ3v) is 4.92. The van der Waals surface area contributed by atoms with Crippen LogP contribution in [0.2, 0.25) is 5.02 Å². The maximum atomic E-state index is 12.0. The first-order valence-electron chi connectivity index (χ1n) is 8.16. The number of rotatable bonds is 6. The minimum atomic E-state index is -0.628. The normalized spacial score (nSPS) is 12.5. The number of nitro groups is 1. The van der Waals surface area contributed by atoms with Gasteiger partial charge >= 0.3 is 11.9 Å². The molecule has 9 nitrogen and oxygen atoms in total. The minimum Gasteiger partial charge on any atom is -0.465 e. The van der Waals surface area contributed by atoms with Gasteiger partial charge in [-0.3, -0.25) is 14.9 Å². The second-order valence-corrected chi connectivity index (χ2v) is 7.01. The quantitative estimate of drug-likeness (QED) is 0.260. The van der Waals surface area contributed by atoms with Crippen LogP contribution >= 0.6 is 22.9 Å². The van der Waals surface area contributed by atoms with Gasteiger partial charge in [0.15, 0.2) is 5.76 Å². The molecule has 1 aromatic carbocycles. The van der Waals surface area contributed by atoms with E-state index < -0.39 is 10.9 Å². The van der Waals surface area contributed by atoms with Crippen LogP contribution in [0.15, 0.2) is 45.0 Å². The molecule has 11 heteroatoms. The molecule has 0 bridgehead atoms. The molecule has 0 aliphatic rings. The van der Waals surface area contributed by atoms with E-state index in [4.69, 9.17) is 20.8 Å². The molecule has 0 unspecified atom stereocenters. The van der Waals surface area contributed by atoms with Gasteiger partial charge in [0.05, 0.1) is 22.9 Å². The predicted molar refractivity (Wildman–Crippen MR) is 105 cm³/mol. The second kappa shape index (κ2) is 8.36.